The summed E-state index contributed by atoms with van der Waals surface area (Å²) in [4.78, 5) is 17.6. The molecule has 3 heterocycles. The molecule has 120 valence electrons. The zero-order valence-corrected chi connectivity index (χ0v) is 13.5. The highest BCUT2D eigenvalue weighted by atomic mass is 32.2. The van der Waals surface area contributed by atoms with Crippen LogP contribution in [0.4, 0.5) is 0 Å². The minimum Gasteiger partial charge on any atom is -0.344 e. The standard InChI is InChI=1S/C15H21N3O3S/c1-17-11-14-3-2-13(10-15(17)19)18(14)22(20,21)9-6-12-4-7-16-8-5-12/h4-5,7-8,13-14H,2-3,6,9-11H2,1H3/t13-,14+/m1/s1. The topological polar surface area (TPSA) is 70.6 Å². The summed E-state index contributed by atoms with van der Waals surface area (Å²) in [5, 5.41) is 0. The molecule has 2 bridgehead atoms. The fraction of sp³-hybridized carbons (Fsp3) is 0.600. The van der Waals surface area contributed by atoms with E-state index in [1.165, 1.54) is 0 Å². The Balaban J connectivity index is 1.75. The maximum atomic E-state index is 12.8. The van der Waals surface area contributed by atoms with Crippen LogP contribution in [0, 0.1) is 0 Å². The van der Waals surface area contributed by atoms with Crippen molar-refractivity contribution in [3.63, 3.8) is 0 Å². The molecule has 1 aromatic rings. The van der Waals surface area contributed by atoms with Crippen LogP contribution in [0.25, 0.3) is 0 Å². The Kier molecular flexibility index (Phi) is 4.18. The van der Waals surface area contributed by atoms with Crippen LogP contribution in [0.3, 0.4) is 0 Å². The number of sulfonamides is 1. The molecule has 0 unspecified atom stereocenters. The number of pyridine rings is 1. The van der Waals surface area contributed by atoms with Crippen LogP contribution in [0.15, 0.2) is 24.5 Å². The number of carbonyl (C=O) groups excluding carboxylic acids is 1. The van der Waals surface area contributed by atoms with Crippen molar-refractivity contribution in [3.05, 3.63) is 30.1 Å². The van der Waals surface area contributed by atoms with Crippen molar-refractivity contribution in [2.45, 2.75) is 37.8 Å². The highest BCUT2D eigenvalue weighted by molar-refractivity contribution is 7.89. The number of likely N-dealkylation sites (tertiary alicyclic amines) is 1. The molecule has 2 aliphatic heterocycles. The van der Waals surface area contributed by atoms with E-state index in [0.29, 0.717) is 19.4 Å². The van der Waals surface area contributed by atoms with Crippen LogP contribution in [-0.2, 0) is 21.2 Å². The third-order valence-electron chi connectivity index (χ3n) is 4.59. The van der Waals surface area contributed by atoms with Crippen molar-refractivity contribution < 1.29 is 13.2 Å². The van der Waals surface area contributed by atoms with E-state index in [-0.39, 0.29) is 23.7 Å². The molecule has 2 atom stereocenters. The molecule has 1 amide bonds. The maximum absolute atomic E-state index is 12.8. The first kappa shape index (κ1) is 15.4. The Hall–Kier alpha value is -1.47. The summed E-state index contributed by atoms with van der Waals surface area (Å²) in [6.07, 6.45) is 5.76. The monoisotopic (exact) mass is 323 g/mol. The molecule has 0 radical (unpaired) electrons. The summed E-state index contributed by atoms with van der Waals surface area (Å²) in [6, 6.07) is 3.45. The highest BCUT2D eigenvalue weighted by Gasteiger charge is 2.45. The van der Waals surface area contributed by atoms with E-state index in [2.05, 4.69) is 4.98 Å². The minimum atomic E-state index is -3.35. The molecule has 7 heteroatoms. The number of hydrogen-bond acceptors (Lipinski definition) is 4. The number of nitrogens with zero attached hydrogens (tertiary/aromatic N) is 3. The summed E-state index contributed by atoms with van der Waals surface area (Å²) < 4.78 is 27.2. The van der Waals surface area contributed by atoms with Gasteiger partial charge in [0.15, 0.2) is 0 Å². The smallest absolute Gasteiger partial charge is 0.223 e. The van der Waals surface area contributed by atoms with Gasteiger partial charge in [-0.2, -0.15) is 4.31 Å². The highest BCUT2D eigenvalue weighted by Crippen LogP contribution is 2.33. The van der Waals surface area contributed by atoms with E-state index >= 15 is 0 Å². The van der Waals surface area contributed by atoms with Crippen molar-refractivity contribution in [1.82, 2.24) is 14.2 Å². The lowest BCUT2D eigenvalue weighted by molar-refractivity contribution is -0.130. The van der Waals surface area contributed by atoms with Gasteiger partial charge in [-0.1, -0.05) is 0 Å². The number of hydrogen-bond donors (Lipinski definition) is 0. The predicted molar refractivity (Wildman–Crippen MR) is 82.6 cm³/mol. The Morgan fingerprint density at radius 2 is 1.91 bits per heavy atom. The summed E-state index contributed by atoms with van der Waals surface area (Å²) in [5.74, 6) is 0.128. The second kappa shape index (κ2) is 5.96. The minimum absolute atomic E-state index is 0.0431. The van der Waals surface area contributed by atoms with Crippen molar-refractivity contribution in [2.24, 2.45) is 0 Å². The zero-order chi connectivity index (χ0) is 15.7. The molecule has 0 aliphatic carbocycles. The van der Waals surface area contributed by atoms with Gasteiger partial charge in [0.25, 0.3) is 0 Å². The number of fused-ring (bicyclic) bond motifs is 2. The van der Waals surface area contributed by atoms with Gasteiger partial charge in [-0.05, 0) is 37.0 Å². The van der Waals surface area contributed by atoms with Gasteiger partial charge in [-0.25, -0.2) is 8.42 Å². The number of aromatic nitrogens is 1. The molecule has 3 rings (SSSR count). The largest absolute Gasteiger partial charge is 0.344 e. The number of likely N-dealkylation sites (N-methyl/N-ethyl adjacent to an activating group) is 1. The average Bonchev–Trinajstić information content (AvgIpc) is 2.83. The van der Waals surface area contributed by atoms with Gasteiger partial charge in [0.1, 0.15) is 0 Å². The molecule has 0 N–H and O–H groups in total. The van der Waals surface area contributed by atoms with Crippen molar-refractivity contribution in [1.29, 1.82) is 0 Å². The van der Waals surface area contributed by atoms with Gasteiger partial charge < -0.3 is 4.90 Å². The Bertz CT molecular complexity index is 647. The lowest BCUT2D eigenvalue weighted by atomic mass is 10.1. The second-order valence-corrected chi connectivity index (χ2v) is 8.11. The zero-order valence-electron chi connectivity index (χ0n) is 12.7. The molecular weight excluding hydrogens is 302 g/mol. The van der Waals surface area contributed by atoms with Crippen LogP contribution in [0.2, 0.25) is 0 Å². The van der Waals surface area contributed by atoms with Crippen molar-refractivity contribution in [2.75, 3.05) is 19.3 Å². The number of amides is 1. The molecule has 0 aromatic carbocycles. The van der Waals surface area contributed by atoms with E-state index in [1.807, 2.05) is 12.1 Å². The first-order valence-corrected chi connectivity index (χ1v) is 9.22. The molecule has 0 spiro atoms. The van der Waals surface area contributed by atoms with Crippen LogP contribution in [0.5, 0.6) is 0 Å². The van der Waals surface area contributed by atoms with Gasteiger partial charge >= 0.3 is 0 Å². The lowest BCUT2D eigenvalue weighted by Crippen LogP contribution is -2.44. The predicted octanol–water partition coefficient (Wildman–Crippen LogP) is 0.649. The molecule has 0 saturated carbocycles. The molecule has 1 aromatic heterocycles. The summed E-state index contributed by atoms with van der Waals surface area (Å²) >= 11 is 0. The van der Waals surface area contributed by atoms with E-state index < -0.39 is 10.0 Å². The van der Waals surface area contributed by atoms with E-state index in [1.54, 1.807) is 28.6 Å². The van der Waals surface area contributed by atoms with Crippen LogP contribution in [0.1, 0.15) is 24.8 Å². The SMILES string of the molecule is CN1C[C@@H]2CC[C@H](CC1=O)N2S(=O)(=O)CCc1ccncc1. The first-order valence-electron chi connectivity index (χ1n) is 7.61. The molecule has 2 fully saturated rings. The summed E-state index contributed by atoms with van der Waals surface area (Å²) in [6.45, 7) is 0.504. The molecular formula is C15H21N3O3S. The third kappa shape index (κ3) is 3.01. The Morgan fingerprint density at radius 3 is 2.64 bits per heavy atom. The number of rotatable bonds is 4. The van der Waals surface area contributed by atoms with Crippen LogP contribution < -0.4 is 0 Å². The normalized spacial score (nSPS) is 26.2. The van der Waals surface area contributed by atoms with Gasteiger partial charge in [-0.15, -0.1) is 0 Å². The van der Waals surface area contributed by atoms with E-state index in [0.717, 1.165) is 18.4 Å². The Labute approximate surface area is 131 Å². The first-order chi connectivity index (χ1) is 10.5. The van der Waals surface area contributed by atoms with Crippen molar-refractivity contribution in [3.8, 4) is 0 Å². The van der Waals surface area contributed by atoms with Crippen LogP contribution >= 0.6 is 0 Å². The maximum Gasteiger partial charge on any atom is 0.223 e. The second-order valence-electron chi connectivity index (χ2n) is 6.11. The lowest BCUT2D eigenvalue weighted by Gasteiger charge is -2.27. The number of carbonyl (C=O) groups is 1. The van der Waals surface area contributed by atoms with E-state index in [9.17, 15) is 13.2 Å². The van der Waals surface area contributed by atoms with Gasteiger partial charge in [0.05, 0.1) is 5.75 Å². The summed E-state index contributed by atoms with van der Waals surface area (Å²) in [5.41, 5.74) is 0.967. The fourth-order valence-electron chi connectivity index (χ4n) is 3.43. The molecule has 22 heavy (non-hydrogen) atoms. The molecule has 2 aliphatic rings. The third-order valence-corrected chi connectivity index (χ3v) is 6.55. The van der Waals surface area contributed by atoms with E-state index in [4.69, 9.17) is 0 Å². The van der Waals surface area contributed by atoms with Gasteiger partial charge in [-0.3, -0.25) is 9.78 Å². The fourth-order valence-corrected chi connectivity index (χ4v) is 5.40. The quantitative estimate of drug-likeness (QED) is 0.816. The average molecular weight is 323 g/mol. The van der Waals surface area contributed by atoms with Crippen LogP contribution in [-0.4, -0.2) is 59.9 Å². The molecule has 2 saturated heterocycles. The Morgan fingerprint density at radius 1 is 1.23 bits per heavy atom. The van der Waals surface area contributed by atoms with Gasteiger partial charge in [0, 0.05) is 44.5 Å². The van der Waals surface area contributed by atoms with Gasteiger partial charge in [0.2, 0.25) is 15.9 Å². The van der Waals surface area contributed by atoms with Crippen molar-refractivity contribution >= 4 is 15.9 Å². The number of aryl methyl sites for hydroxylation is 1. The molecule has 6 nitrogen and oxygen atoms in total. The summed E-state index contributed by atoms with van der Waals surface area (Å²) in [7, 11) is -1.60.